The van der Waals surface area contributed by atoms with Gasteiger partial charge in [0.25, 0.3) is 5.56 Å². The summed E-state index contributed by atoms with van der Waals surface area (Å²) < 4.78 is 10.2. The van der Waals surface area contributed by atoms with Crippen molar-refractivity contribution in [1.82, 2.24) is 13.7 Å². The quantitative estimate of drug-likeness (QED) is 0.477. The molecule has 4 rings (SSSR count). The smallest absolute Gasteiger partial charge is 0.336 e. The van der Waals surface area contributed by atoms with Crippen molar-refractivity contribution in [3.05, 3.63) is 68.3 Å². The van der Waals surface area contributed by atoms with Crippen LogP contribution in [0.25, 0.3) is 27.6 Å². The first kappa shape index (κ1) is 20.3. The number of aromatic nitrogens is 3. The Morgan fingerprint density at radius 2 is 1.83 bits per heavy atom. The third-order valence-electron chi connectivity index (χ3n) is 5.47. The molecular formula is C23H24ClN3O3. The summed E-state index contributed by atoms with van der Waals surface area (Å²) in [6, 6.07) is 12.5. The standard InChI is InChI=1S/C23H24ClN3O3/c1-14(2)10-11-26-20-18-13-17(30-4)8-9-19(18)25(3)21(20)22(28)27(23(26)29)16-7-5-6-15(24)12-16/h5-9,12-14H,10-11H2,1-4H3. The van der Waals surface area contributed by atoms with Gasteiger partial charge in [0.15, 0.2) is 0 Å². The largest absolute Gasteiger partial charge is 0.497 e. The van der Waals surface area contributed by atoms with Crippen LogP contribution in [0.5, 0.6) is 5.75 Å². The maximum absolute atomic E-state index is 13.6. The van der Waals surface area contributed by atoms with E-state index < -0.39 is 0 Å². The SMILES string of the molecule is COc1ccc2c(c1)c1c(c(=O)n(-c3cccc(Cl)c3)c(=O)n1CCC(C)C)n2C. The molecule has 0 fully saturated rings. The fraction of sp³-hybridized carbons (Fsp3) is 0.304. The molecular weight excluding hydrogens is 402 g/mol. The maximum atomic E-state index is 13.6. The van der Waals surface area contributed by atoms with Crippen molar-refractivity contribution < 1.29 is 4.74 Å². The zero-order valence-electron chi connectivity index (χ0n) is 17.5. The summed E-state index contributed by atoms with van der Waals surface area (Å²) in [6.45, 7) is 4.73. The molecule has 30 heavy (non-hydrogen) atoms. The monoisotopic (exact) mass is 425 g/mol. The number of hydrogen-bond acceptors (Lipinski definition) is 3. The molecule has 0 radical (unpaired) electrons. The number of hydrogen-bond donors (Lipinski definition) is 0. The number of halogens is 1. The molecule has 7 heteroatoms. The topological polar surface area (TPSA) is 58.2 Å². The van der Waals surface area contributed by atoms with Crippen molar-refractivity contribution in [2.45, 2.75) is 26.8 Å². The lowest BCUT2D eigenvalue weighted by molar-refractivity contribution is 0.415. The van der Waals surface area contributed by atoms with Crippen LogP contribution in [-0.2, 0) is 13.6 Å². The number of fused-ring (bicyclic) bond motifs is 3. The van der Waals surface area contributed by atoms with Gasteiger partial charge in [-0.1, -0.05) is 31.5 Å². The van der Waals surface area contributed by atoms with E-state index in [2.05, 4.69) is 13.8 Å². The molecule has 2 heterocycles. The van der Waals surface area contributed by atoms with Crippen LogP contribution in [-0.4, -0.2) is 20.8 Å². The number of methoxy groups -OCH3 is 1. The highest BCUT2D eigenvalue weighted by molar-refractivity contribution is 6.30. The van der Waals surface area contributed by atoms with Gasteiger partial charge in [0.1, 0.15) is 11.3 Å². The first-order chi connectivity index (χ1) is 14.3. The number of rotatable bonds is 5. The maximum Gasteiger partial charge on any atom is 0.336 e. The van der Waals surface area contributed by atoms with Gasteiger partial charge in [-0.05, 0) is 48.7 Å². The highest BCUT2D eigenvalue weighted by atomic mass is 35.5. The molecule has 0 bridgehead atoms. The molecule has 0 spiro atoms. The highest BCUT2D eigenvalue weighted by Crippen LogP contribution is 2.29. The second-order valence-electron chi connectivity index (χ2n) is 7.88. The fourth-order valence-electron chi connectivity index (χ4n) is 3.90. The van der Waals surface area contributed by atoms with Gasteiger partial charge in [0.2, 0.25) is 0 Å². The minimum absolute atomic E-state index is 0.365. The third kappa shape index (κ3) is 3.21. The first-order valence-electron chi connectivity index (χ1n) is 9.91. The zero-order chi connectivity index (χ0) is 21.6. The average molecular weight is 426 g/mol. The van der Waals surface area contributed by atoms with E-state index in [0.717, 1.165) is 17.3 Å². The van der Waals surface area contributed by atoms with Crippen LogP contribution < -0.4 is 16.0 Å². The number of aryl methyl sites for hydroxylation is 2. The van der Waals surface area contributed by atoms with Crippen LogP contribution in [0.2, 0.25) is 5.02 Å². The molecule has 2 aromatic heterocycles. The fourth-order valence-corrected chi connectivity index (χ4v) is 4.08. The Balaban J connectivity index is 2.18. The minimum atomic E-state index is -0.370. The zero-order valence-corrected chi connectivity index (χ0v) is 18.2. The summed E-state index contributed by atoms with van der Waals surface area (Å²) in [4.78, 5) is 27.1. The summed E-state index contributed by atoms with van der Waals surface area (Å²) in [7, 11) is 3.45. The van der Waals surface area contributed by atoms with Gasteiger partial charge >= 0.3 is 5.69 Å². The molecule has 0 N–H and O–H groups in total. The third-order valence-corrected chi connectivity index (χ3v) is 5.71. The van der Waals surface area contributed by atoms with Crippen LogP contribution in [0.1, 0.15) is 20.3 Å². The molecule has 0 atom stereocenters. The Kier molecular flexibility index (Phi) is 5.20. The molecule has 0 saturated heterocycles. The van der Waals surface area contributed by atoms with Gasteiger partial charge in [-0.25, -0.2) is 9.36 Å². The van der Waals surface area contributed by atoms with Gasteiger partial charge in [-0.2, -0.15) is 0 Å². The predicted molar refractivity (Wildman–Crippen MR) is 121 cm³/mol. The van der Waals surface area contributed by atoms with E-state index >= 15 is 0 Å². The van der Waals surface area contributed by atoms with Crippen molar-refractivity contribution in [3.8, 4) is 11.4 Å². The van der Waals surface area contributed by atoms with Crippen molar-refractivity contribution >= 4 is 33.5 Å². The molecule has 2 aromatic carbocycles. The summed E-state index contributed by atoms with van der Waals surface area (Å²) in [5.41, 5.74) is 1.70. The minimum Gasteiger partial charge on any atom is -0.497 e. The van der Waals surface area contributed by atoms with E-state index in [9.17, 15) is 9.59 Å². The second kappa shape index (κ2) is 7.69. The lowest BCUT2D eigenvalue weighted by Crippen LogP contribution is -2.39. The molecule has 0 aliphatic heterocycles. The molecule has 4 aromatic rings. The van der Waals surface area contributed by atoms with Crippen molar-refractivity contribution in [1.29, 1.82) is 0 Å². The molecule has 0 aliphatic carbocycles. The molecule has 156 valence electrons. The van der Waals surface area contributed by atoms with Crippen LogP contribution in [0.3, 0.4) is 0 Å². The van der Waals surface area contributed by atoms with Gasteiger partial charge < -0.3 is 9.30 Å². The Morgan fingerprint density at radius 1 is 1.07 bits per heavy atom. The van der Waals surface area contributed by atoms with Crippen LogP contribution in [0.15, 0.2) is 52.1 Å². The second-order valence-corrected chi connectivity index (χ2v) is 8.31. The molecule has 0 aliphatic rings. The Labute approximate surface area is 178 Å². The van der Waals surface area contributed by atoms with Crippen LogP contribution in [0.4, 0.5) is 0 Å². The van der Waals surface area contributed by atoms with Gasteiger partial charge in [0.05, 0.1) is 23.8 Å². The predicted octanol–water partition coefficient (Wildman–Crippen LogP) is 4.35. The van der Waals surface area contributed by atoms with E-state index in [1.165, 1.54) is 4.57 Å². The summed E-state index contributed by atoms with van der Waals surface area (Å²) in [5.74, 6) is 1.08. The van der Waals surface area contributed by atoms with Crippen molar-refractivity contribution in [3.63, 3.8) is 0 Å². The Hall–Kier alpha value is -2.99. The first-order valence-corrected chi connectivity index (χ1v) is 10.3. The van der Waals surface area contributed by atoms with Gasteiger partial charge in [0, 0.05) is 24.0 Å². The lowest BCUT2D eigenvalue weighted by Gasteiger charge is -2.14. The van der Waals surface area contributed by atoms with E-state index in [0.29, 0.717) is 40.0 Å². The average Bonchev–Trinajstić information content (AvgIpc) is 3.00. The molecule has 6 nitrogen and oxygen atoms in total. The Morgan fingerprint density at radius 3 is 2.50 bits per heavy atom. The normalized spacial score (nSPS) is 11.7. The van der Waals surface area contributed by atoms with Gasteiger partial charge in [-0.3, -0.25) is 9.36 Å². The van der Waals surface area contributed by atoms with Crippen molar-refractivity contribution in [2.24, 2.45) is 13.0 Å². The number of ether oxygens (including phenoxy) is 1. The molecule has 0 unspecified atom stereocenters. The summed E-state index contributed by atoms with van der Waals surface area (Å²) in [5, 5.41) is 1.29. The number of benzene rings is 2. The van der Waals surface area contributed by atoms with E-state index in [1.807, 2.05) is 29.8 Å². The summed E-state index contributed by atoms with van der Waals surface area (Å²) >= 11 is 6.15. The van der Waals surface area contributed by atoms with Crippen LogP contribution in [0, 0.1) is 5.92 Å². The van der Waals surface area contributed by atoms with Crippen molar-refractivity contribution in [2.75, 3.05) is 7.11 Å². The van der Waals surface area contributed by atoms with E-state index in [1.54, 1.807) is 35.9 Å². The van der Waals surface area contributed by atoms with E-state index in [-0.39, 0.29) is 11.2 Å². The Bertz CT molecular complexity index is 1380. The van der Waals surface area contributed by atoms with E-state index in [4.69, 9.17) is 16.3 Å². The highest BCUT2D eigenvalue weighted by Gasteiger charge is 2.21. The van der Waals surface area contributed by atoms with Crippen LogP contribution >= 0.6 is 11.6 Å². The lowest BCUT2D eigenvalue weighted by atomic mass is 10.1. The number of nitrogens with zero attached hydrogens (tertiary/aromatic N) is 3. The summed E-state index contributed by atoms with van der Waals surface area (Å²) in [6.07, 6.45) is 0.809. The molecule has 0 saturated carbocycles. The van der Waals surface area contributed by atoms with Gasteiger partial charge in [-0.15, -0.1) is 0 Å². The molecule has 0 amide bonds.